The molecule has 98 valence electrons. The predicted octanol–water partition coefficient (Wildman–Crippen LogP) is 0.547. The summed E-state index contributed by atoms with van der Waals surface area (Å²) in [6.07, 6.45) is 3.50. The van der Waals surface area contributed by atoms with Crippen LogP contribution in [0.25, 0.3) is 0 Å². The lowest BCUT2D eigenvalue weighted by Gasteiger charge is -2.33. The van der Waals surface area contributed by atoms with Crippen molar-refractivity contribution in [1.82, 2.24) is 20.0 Å². The maximum Gasteiger partial charge on any atom is 0.244 e. The first-order chi connectivity index (χ1) is 7.27. The molecule has 1 fully saturated rings. The van der Waals surface area contributed by atoms with Crippen LogP contribution in [-0.2, 0) is 11.3 Å². The van der Waals surface area contributed by atoms with Crippen molar-refractivity contribution in [3.63, 3.8) is 0 Å². The Kier molecular flexibility index (Phi) is 7.18. The Labute approximate surface area is 113 Å². The molecule has 7 heteroatoms. The van der Waals surface area contributed by atoms with E-state index in [0.717, 1.165) is 19.6 Å². The number of hydrogen-bond donors (Lipinski definition) is 1. The summed E-state index contributed by atoms with van der Waals surface area (Å²) in [7, 11) is 0. The summed E-state index contributed by atoms with van der Waals surface area (Å²) in [4.78, 5) is 13.8. The average molecular weight is 281 g/mol. The van der Waals surface area contributed by atoms with Gasteiger partial charge in [0.05, 0.1) is 0 Å². The second-order valence-electron chi connectivity index (χ2n) is 3.84. The van der Waals surface area contributed by atoms with E-state index in [1.807, 2.05) is 17.2 Å². The van der Waals surface area contributed by atoms with E-state index in [9.17, 15) is 4.79 Å². The van der Waals surface area contributed by atoms with E-state index in [0.29, 0.717) is 6.54 Å². The van der Waals surface area contributed by atoms with Crippen molar-refractivity contribution in [2.75, 3.05) is 19.6 Å². The molecule has 0 aromatic carbocycles. The third-order valence-electron chi connectivity index (χ3n) is 2.68. The third kappa shape index (κ3) is 4.18. The van der Waals surface area contributed by atoms with Crippen molar-refractivity contribution in [3.8, 4) is 0 Å². The van der Waals surface area contributed by atoms with E-state index in [2.05, 4.69) is 17.3 Å². The number of aromatic nitrogens is 2. The fraction of sp³-hybridized carbons (Fsp3) is 0.600. The van der Waals surface area contributed by atoms with Gasteiger partial charge in [-0.2, -0.15) is 5.10 Å². The second kappa shape index (κ2) is 7.53. The maximum absolute atomic E-state index is 11.9. The van der Waals surface area contributed by atoms with Crippen LogP contribution in [0.3, 0.4) is 0 Å². The van der Waals surface area contributed by atoms with Crippen molar-refractivity contribution >= 4 is 30.7 Å². The van der Waals surface area contributed by atoms with Crippen molar-refractivity contribution in [2.45, 2.75) is 19.5 Å². The highest BCUT2D eigenvalue weighted by Gasteiger charge is 2.22. The zero-order valence-electron chi connectivity index (χ0n) is 9.70. The van der Waals surface area contributed by atoms with Crippen LogP contribution in [0.2, 0.25) is 0 Å². The Hall–Kier alpha value is -0.780. The minimum atomic E-state index is 0. The molecule has 1 saturated heterocycles. The number of nitrogens with one attached hydrogen (secondary N) is 1. The van der Waals surface area contributed by atoms with Gasteiger partial charge in [-0.25, -0.2) is 0 Å². The van der Waals surface area contributed by atoms with Gasteiger partial charge in [-0.05, 0) is 13.0 Å². The molecule has 0 unspecified atom stereocenters. The molecule has 17 heavy (non-hydrogen) atoms. The molecular formula is C10H18Cl2N4O. The van der Waals surface area contributed by atoms with E-state index in [4.69, 9.17) is 0 Å². The number of hydrogen-bond acceptors (Lipinski definition) is 3. The van der Waals surface area contributed by atoms with Gasteiger partial charge in [-0.3, -0.25) is 9.48 Å². The van der Waals surface area contributed by atoms with Gasteiger partial charge in [0, 0.05) is 38.1 Å². The van der Waals surface area contributed by atoms with Crippen LogP contribution in [0.5, 0.6) is 0 Å². The monoisotopic (exact) mass is 280 g/mol. The van der Waals surface area contributed by atoms with Crippen LogP contribution >= 0.6 is 24.8 Å². The van der Waals surface area contributed by atoms with E-state index in [1.165, 1.54) is 0 Å². The number of nitrogens with zero attached hydrogens (tertiary/aromatic N) is 3. The highest BCUT2D eigenvalue weighted by molar-refractivity contribution is 5.85. The summed E-state index contributed by atoms with van der Waals surface area (Å²) in [5, 5.41) is 7.29. The maximum atomic E-state index is 11.9. The standard InChI is InChI=1S/C10H16N4O.2ClH/c1-9-7-11-4-6-14(9)10(15)8-13-5-2-3-12-13;;/h2-3,5,9,11H,4,6-8H2,1H3;2*1H/t9-;;/m0../s1. The fourth-order valence-corrected chi connectivity index (χ4v) is 1.83. The molecule has 1 aliphatic heterocycles. The highest BCUT2D eigenvalue weighted by Crippen LogP contribution is 2.03. The molecule has 2 rings (SSSR count). The normalized spacial score (nSPS) is 19.1. The molecule has 0 spiro atoms. The van der Waals surface area contributed by atoms with Crippen LogP contribution in [-0.4, -0.2) is 46.3 Å². The molecule has 0 radical (unpaired) electrons. The molecule has 0 bridgehead atoms. The van der Waals surface area contributed by atoms with Gasteiger partial charge >= 0.3 is 0 Å². The Morgan fingerprint density at radius 3 is 2.88 bits per heavy atom. The van der Waals surface area contributed by atoms with Gasteiger partial charge in [0.25, 0.3) is 0 Å². The molecule has 0 saturated carbocycles. The lowest BCUT2D eigenvalue weighted by atomic mass is 10.2. The minimum absolute atomic E-state index is 0. The molecule has 1 aromatic rings. The predicted molar refractivity (Wildman–Crippen MR) is 70.8 cm³/mol. The first-order valence-electron chi connectivity index (χ1n) is 5.25. The van der Waals surface area contributed by atoms with E-state index in [1.54, 1.807) is 10.9 Å². The van der Waals surface area contributed by atoms with Crippen LogP contribution in [0.15, 0.2) is 18.5 Å². The van der Waals surface area contributed by atoms with Crippen LogP contribution in [0.1, 0.15) is 6.92 Å². The summed E-state index contributed by atoms with van der Waals surface area (Å²) in [6, 6.07) is 2.11. The number of carbonyl (C=O) groups excluding carboxylic acids is 1. The van der Waals surface area contributed by atoms with Gasteiger partial charge in [-0.1, -0.05) is 0 Å². The zero-order chi connectivity index (χ0) is 10.7. The van der Waals surface area contributed by atoms with Gasteiger partial charge in [0.2, 0.25) is 5.91 Å². The number of piperazine rings is 1. The number of rotatable bonds is 2. The summed E-state index contributed by atoms with van der Waals surface area (Å²) in [5.74, 6) is 0.146. The smallest absolute Gasteiger partial charge is 0.244 e. The topological polar surface area (TPSA) is 50.2 Å². The van der Waals surface area contributed by atoms with Gasteiger partial charge < -0.3 is 10.2 Å². The Balaban J connectivity index is 0.00000128. The summed E-state index contributed by atoms with van der Waals surface area (Å²) < 4.78 is 1.66. The first-order valence-corrected chi connectivity index (χ1v) is 5.25. The lowest BCUT2D eigenvalue weighted by molar-refractivity contribution is -0.134. The molecule has 1 amide bonds. The fourth-order valence-electron chi connectivity index (χ4n) is 1.83. The molecule has 0 aliphatic carbocycles. The second-order valence-corrected chi connectivity index (χ2v) is 3.84. The molecule has 1 atom stereocenters. The van der Waals surface area contributed by atoms with Crippen molar-refractivity contribution in [1.29, 1.82) is 0 Å². The van der Waals surface area contributed by atoms with E-state index in [-0.39, 0.29) is 36.8 Å². The number of carbonyl (C=O) groups is 1. The summed E-state index contributed by atoms with van der Waals surface area (Å²) >= 11 is 0. The lowest BCUT2D eigenvalue weighted by Crippen LogP contribution is -2.53. The van der Waals surface area contributed by atoms with E-state index < -0.39 is 0 Å². The molecule has 1 aliphatic rings. The first kappa shape index (κ1) is 16.2. The molecule has 5 nitrogen and oxygen atoms in total. The van der Waals surface area contributed by atoms with Crippen LogP contribution in [0.4, 0.5) is 0 Å². The molecular weight excluding hydrogens is 263 g/mol. The number of halogens is 2. The molecule has 1 N–H and O–H groups in total. The molecule has 2 heterocycles. The summed E-state index contributed by atoms with van der Waals surface area (Å²) in [5.41, 5.74) is 0. The Bertz CT molecular complexity index is 331. The van der Waals surface area contributed by atoms with Gasteiger partial charge in [0.1, 0.15) is 6.54 Å². The van der Waals surface area contributed by atoms with Gasteiger partial charge in [-0.15, -0.1) is 24.8 Å². The SMILES string of the molecule is C[C@H]1CNCCN1C(=O)Cn1cccn1.Cl.Cl. The Morgan fingerprint density at radius 2 is 2.29 bits per heavy atom. The van der Waals surface area contributed by atoms with Gasteiger partial charge in [0.15, 0.2) is 0 Å². The van der Waals surface area contributed by atoms with Crippen molar-refractivity contribution in [3.05, 3.63) is 18.5 Å². The zero-order valence-corrected chi connectivity index (χ0v) is 11.3. The average Bonchev–Trinajstić information content (AvgIpc) is 2.71. The van der Waals surface area contributed by atoms with E-state index >= 15 is 0 Å². The van der Waals surface area contributed by atoms with Crippen LogP contribution < -0.4 is 5.32 Å². The highest BCUT2D eigenvalue weighted by atomic mass is 35.5. The van der Waals surface area contributed by atoms with Crippen molar-refractivity contribution < 1.29 is 4.79 Å². The quantitative estimate of drug-likeness (QED) is 0.861. The Morgan fingerprint density at radius 1 is 1.53 bits per heavy atom. The van der Waals surface area contributed by atoms with Crippen molar-refractivity contribution in [2.24, 2.45) is 0 Å². The minimum Gasteiger partial charge on any atom is -0.336 e. The largest absolute Gasteiger partial charge is 0.336 e. The summed E-state index contributed by atoms with van der Waals surface area (Å²) in [6.45, 7) is 4.96. The molecule has 1 aromatic heterocycles. The third-order valence-corrected chi connectivity index (χ3v) is 2.68. The number of amides is 1. The van der Waals surface area contributed by atoms with Crippen LogP contribution in [0, 0.1) is 0 Å².